The highest BCUT2D eigenvalue weighted by Crippen LogP contribution is 2.27. The summed E-state index contributed by atoms with van der Waals surface area (Å²) in [6.45, 7) is 2.54. The van der Waals surface area contributed by atoms with Crippen molar-refractivity contribution >= 4 is 21.6 Å². The molecule has 1 fully saturated rings. The molecule has 18 heavy (non-hydrogen) atoms. The molecule has 1 unspecified atom stereocenters. The van der Waals surface area contributed by atoms with Gasteiger partial charge >= 0.3 is 0 Å². The van der Waals surface area contributed by atoms with E-state index in [9.17, 15) is 4.79 Å². The van der Waals surface area contributed by atoms with E-state index >= 15 is 0 Å². The smallest absolute Gasteiger partial charge is 0.283 e. The van der Waals surface area contributed by atoms with Crippen molar-refractivity contribution in [2.24, 2.45) is 11.7 Å². The molecule has 1 aliphatic rings. The van der Waals surface area contributed by atoms with E-state index in [0.29, 0.717) is 16.9 Å². The van der Waals surface area contributed by atoms with Crippen LogP contribution in [0.4, 0.5) is 5.69 Å². The van der Waals surface area contributed by atoms with Gasteiger partial charge in [-0.15, -0.1) is 0 Å². The Bertz CT molecular complexity index is 477. The second-order valence-electron chi connectivity index (χ2n) is 4.43. The second-order valence-corrected chi connectivity index (χ2v) is 5.23. The minimum atomic E-state index is -0.210. The fraction of sp³-hybridized carbons (Fsp3) is 0.636. The summed E-state index contributed by atoms with van der Waals surface area (Å²) in [4.78, 5) is 14.1. The Morgan fingerprint density at radius 2 is 2.39 bits per heavy atom. The van der Waals surface area contributed by atoms with E-state index in [4.69, 9.17) is 10.8 Å². The van der Waals surface area contributed by atoms with Crippen LogP contribution in [-0.2, 0) is 6.54 Å². The predicted octanol–water partition coefficient (Wildman–Crippen LogP) is -0.217. The molecule has 0 amide bonds. The molecule has 2 rings (SSSR count). The van der Waals surface area contributed by atoms with Crippen LogP contribution in [0.15, 0.2) is 15.5 Å². The Labute approximate surface area is 114 Å². The summed E-state index contributed by atoms with van der Waals surface area (Å²) in [5, 5.41) is 12.9. The van der Waals surface area contributed by atoms with E-state index in [2.05, 4.69) is 25.9 Å². The molecule has 1 atom stereocenters. The lowest BCUT2D eigenvalue weighted by atomic mass is 10.1. The van der Waals surface area contributed by atoms with Gasteiger partial charge in [-0.05, 0) is 34.8 Å². The Morgan fingerprint density at radius 3 is 3.00 bits per heavy atom. The summed E-state index contributed by atoms with van der Waals surface area (Å²) in [5.74, 6) is 0.483. The largest absolute Gasteiger partial charge is 0.394 e. The zero-order valence-electron chi connectivity index (χ0n) is 10.0. The first kappa shape index (κ1) is 13.5. The topological polar surface area (TPSA) is 84.4 Å². The van der Waals surface area contributed by atoms with E-state index in [1.807, 2.05) is 0 Å². The quantitative estimate of drug-likeness (QED) is 0.802. The summed E-state index contributed by atoms with van der Waals surface area (Å²) in [6.07, 6.45) is 2.71. The van der Waals surface area contributed by atoms with Crippen molar-refractivity contribution in [3.8, 4) is 0 Å². The number of rotatable bonds is 4. The number of nitrogens with two attached hydrogens (primary N) is 1. The van der Waals surface area contributed by atoms with E-state index in [-0.39, 0.29) is 18.7 Å². The van der Waals surface area contributed by atoms with Crippen molar-refractivity contribution in [3.63, 3.8) is 0 Å². The van der Waals surface area contributed by atoms with Crippen molar-refractivity contribution in [1.29, 1.82) is 0 Å². The third kappa shape index (κ3) is 2.57. The molecule has 0 aromatic carbocycles. The molecule has 7 heteroatoms. The molecule has 0 radical (unpaired) electrons. The van der Waals surface area contributed by atoms with Crippen molar-refractivity contribution in [2.45, 2.75) is 13.0 Å². The van der Waals surface area contributed by atoms with Gasteiger partial charge in [0.25, 0.3) is 5.56 Å². The van der Waals surface area contributed by atoms with E-state index in [1.54, 1.807) is 6.20 Å². The molecule has 1 aromatic rings. The number of nitrogens with zero attached hydrogens (tertiary/aromatic N) is 3. The first-order valence-corrected chi connectivity index (χ1v) is 6.78. The van der Waals surface area contributed by atoms with Crippen LogP contribution in [0.2, 0.25) is 0 Å². The maximum Gasteiger partial charge on any atom is 0.283 e. The highest BCUT2D eigenvalue weighted by Gasteiger charge is 2.24. The Kier molecular flexibility index (Phi) is 4.36. The van der Waals surface area contributed by atoms with Crippen LogP contribution in [0.1, 0.15) is 6.42 Å². The summed E-state index contributed by atoms with van der Waals surface area (Å²) in [7, 11) is 0. The van der Waals surface area contributed by atoms with Gasteiger partial charge in [0.05, 0.1) is 25.0 Å². The number of aromatic nitrogens is 2. The second kappa shape index (κ2) is 5.81. The highest BCUT2D eigenvalue weighted by molar-refractivity contribution is 9.10. The van der Waals surface area contributed by atoms with Crippen molar-refractivity contribution in [3.05, 3.63) is 21.0 Å². The molecule has 2 heterocycles. The third-order valence-electron chi connectivity index (χ3n) is 3.24. The molecule has 0 spiro atoms. The van der Waals surface area contributed by atoms with E-state index in [1.165, 1.54) is 4.68 Å². The van der Waals surface area contributed by atoms with Gasteiger partial charge in [0.15, 0.2) is 0 Å². The van der Waals surface area contributed by atoms with Crippen LogP contribution in [-0.4, -0.2) is 41.1 Å². The lowest BCUT2D eigenvalue weighted by Gasteiger charge is -2.19. The maximum absolute atomic E-state index is 12.0. The maximum atomic E-state index is 12.0. The number of aliphatic hydroxyl groups excluding tert-OH is 1. The minimum Gasteiger partial charge on any atom is -0.394 e. The standard InChI is InChI=1S/C11H17BrN4O2/c12-10-9(15-2-1-8(5-13)7-15)6-14-16(3-4-17)11(10)18/h6,8,17H,1-5,7,13H2. The SMILES string of the molecule is NCC1CCN(c2cnn(CCO)c(=O)c2Br)C1. The van der Waals surface area contributed by atoms with Gasteiger partial charge < -0.3 is 15.7 Å². The highest BCUT2D eigenvalue weighted by atomic mass is 79.9. The summed E-state index contributed by atoms with van der Waals surface area (Å²) >= 11 is 3.33. The summed E-state index contributed by atoms with van der Waals surface area (Å²) in [6, 6.07) is 0. The molecule has 1 saturated heterocycles. The fourth-order valence-corrected chi connectivity index (χ4v) is 2.73. The van der Waals surface area contributed by atoms with Crippen molar-refractivity contribution in [2.75, 3.05) is 31.1 Å². The number of anilines is 1. The zero-order chi connectivity index (χ0) is 13.1. The van der Waals surface area contributed by atoms with Gasteiger partial charge in [0.1, 0.15) is 4.47 Å². The molecule has 0 bridgehead atoms. The van der Waals surface area contributed by atoms with Crippen LogP contribution in [0, 0.1) is 5.92 Å². The van der Waals surface area contributed by atoms with E-state index in [0.717, 1.165) is 25.2 Å². The van der Waals surface area contributed by atoms with Crippen LogP contribution in [0.5, 0.6) is 0 Å². The molecule has 6 nitrogen and oxygen atoms in total. The fourth-order valence-electron chi connectivity index (χ4n) is 2.17. The molecule has 0 aliphatic carbocycles. The van der Waals surface area contributed by atoms with Gasteiger partial charge in [0, 0.05) is 13.1 Å². The molecular weight excluding hydrogens is 300 g/mol. The molecular formula is C11H17BrN4O2. The van der Waals surface area contributed by atoms with E-state index < -0.39 is 0 Å². The lowest BCUT2D eigenvalue weighted by Crippen LogP contribution is -2.29. The number of halogens is 1. The third-order valence-corrected chi connectivity index (χ3v) is 3.98. The zero-order valence-corrected chi connectivity index (χ0v) is 11.6. The summed E-state index contributed by atoms with van der Waals surface area (Å²) in [5.41, 5.74) is 6.26. The average Bonchev–Trinajstić information content (AvgIpc) is 2.84. The molecule has 1 aromatic heterocycles. The predicted molar refractivity (Wildman–Crippen MR) is 72.7 cm³/mol. The van der Waals surface area contributed by atoms with Gasteiger partial charge in [-0.1, -0.05) is 0 Å². The molecule has 1 aliphatic heterocycles. The van der Waals surface area contributed by atoms with Gasteiger partial charge in [0.2, 0.25) is 0 Å². The van der Waals surface area contributed by atoms with Gasteiger partial charge in [-0.3, -0.25) is 4.79 Å². The Morgan fingerprint density at radius 1 is 1.61 bits per heavy atom. The van der Waals surface area contributed by atoms with Crippen molar-refractivity contribution in [1.82, 2.24) is 9.78 Å². The monoisotopic (exact) mass is 316 g/mol. The first-order chi connectivity index (χ1) is 8.67. The number of aliphatic hydroxyl groups is 1. The number of hydrogen-bond donors (Lipinski definition) is 2. The number of hydrogen-bond acceptors (Lipinski definition) is 5. The lowest BCUT2D eigenvalue weighted by molar-refractivity contribution is 0.266. The van der Waals surface area contributed by atoms with Gasteiger partial charge in [-0.25, -0.2) is 4.68 Å². The summed E-state index contributed by atoms with van der Waals surface area (Å²) < 4.78 is 1.76. The molecule has 3 N–H and O–H groups in total. The Balaban J connectivity index is 2.25. The normalized spacial score (nSPS) is 19.5. The van der Waals surface area contributed by atoms with Crippen LogP contribution >= 0.6 is 15.9 Å². The van der Waals surface area contributed by atoms with Crippen LogP contribution in [0.3, 0.4) is 0 Å². The molecule has 0 saturated carbocycles. The van der Waals surface area contributed by atoms with Crippen LogP contribution in [0.25, 0.3) is 0 Å². The van der Waals surface area contributed by atoms with Crippen molar-refractivity contribution < 1.29 is 5.11 Å². The van der Waals surface area contributed by atoms with Gasteiger partial charge in [-0.2, -0.15) is 5.10 Å². The van der Waals surface area contributed by atoms with Crippen LogP contribution < -0.4 is 16.2 Å². The minimum absolute atomic E-state index is 0.0995. The first-order valence-electron chi connectivity index (χ1n) is 5.99. The Hall–Kier alpha value is -0.920. The average molecular weight is 317 g/mol. The molecule has 100 valence electrons.